The molecule has 0 aromatic carbocycles. The maximum Gasteiger partial charge on any atom is 0.497 e. The van der Waals surface area contributed by atoms with E-state index in [0.717, 1.165) is 18.6 Å². The van der Waals surface area contributed by atoms with Crippen LogP contribution in [0.25, 0.3) is 5.32 Å². The Bertz CT molecular complexity index is 602. The van der Waals surface area contributed by atoms with Gasteiger partial charge in [-0.25, -0.2) is 0 Å². The average molecular weight is 328 g/mol. The summed E-state index contributed by atoms with van der Waals surface area (Å²) in [5, 5.41) is 3.60. The normalized spacial score (nSPS) is 20.3. The zero-order valence-electron chi connectivity index (χ0n) is 13.6. The predicted molar refractivity (Wildman–Crippen MR) is 82.4 cm³/mol. The van der Waals surface area contributed by atoms with Crippen LogP contribution >= 0.6 is 0 Å². The molecular weight excluding hydrogens is 310 g/mol. The lowest BCUT2D eigenvalue weighted by atomic mass is 9.77. The Hall–Kier alpha value is -1.61. The number of rotatable bonds is 3. The van der Waals surface area contributed by atoms with Gasteiger partial charge in [-0.3, -0.25) is 4.98 Å². The standard InChI is InChI=1S/C14H18BF3N3O2/c1-12(2)13(3,4)23-15(22-12)10-7-20-11(21-8-19-5)6-9(10)14(16,17)18/h6-8H,1-5H3/q-1. The second kappa shape index (κ2) is 5.79. The summed E-state index contributed by atoms with van der Waals surface area (Å²) in [7, 11) is 0.324. The van der Waals surface area contributed by atoms with Crippen molar-refractivity contribution in [1.29, 1.82) is 0 Å². The van der Waals surface area contributed by atoms with Gasteiger partial charge in [0.15, 0.2) is 0 Å². The summed E-state index contributed by atoms with van der Waals surface area (Å²) in [5.74, 6) is -0.0804. The molecule has 0 aliphatic carbocycles. The van der Waals surface area contributed by atoms with Crippen LogP contribution in [-0.2, 0) is 15.5 Å². The second-order valence-electron chi connectivity index (χ2n) is 6.22. The first-order valence-corrected chi connectivity index (χ1v) is 7.02. The van der Waals surface area contributed by atoms with Crippen molar-refractivity contribution in [1.82, 2.24) is 4.98 Å². The molecule has 1 saturated heterocycles. The third-order valence-corrected chi connectivity index (χ3v) is 4.04. The van der Waals surface area contributed by atoms with Crippen molar-refractivity contribution in [3.63, 3.8) is 0 Å². The predicted octanol–water partition coefficient (Wildman–Crippen LogP) is 3.06. The minimum absolute atomic E-state index is 0.0804. The Morgan fingerprint density at radius 3 is 2.26 bits per heavy atom. The number of aliphatic imine (C=N–C) groups is 1. The van der Waals surface area contributed by atoms with Crippen molar-refractivity contribution in [3.8, 4) is 0 Å². The smallest absolute Gasteiger partial charge is 0.475 e. The van der Waals surface area contributed by atoms with E-state index in [9.17, 15) is 13.2 Å². The van der Waals surface area contributed by atoms with Gasteiger partial charge in [-0.05, 0) is 33.8 Å². The summed E-state index contributed by atoms with van der Waals surface area (Å²) >= 11 is 0. The fraction of sp³-hybridized carbons (Fsp3) is 0.571. The summed E-state index contributed by atoms with van der Waals surface area (Å²) in [4.78, 5) is 7.65. The van der Waals surface area contributed by atoms with Gasteiger partial charge in [0.25, 0.3) is 0 Å². The summed E-state index contributed by atoms with van der Waals surface area (Å²) in [6, 6.07) is 0.863. The molecule has 1 aliphatic rings. The number of hydrogen-bond donors (Lipinski definition) is 0. The molecule has 0 spiro atoms. The molecule has 126 valence electrons. The van der Waals surface area contributed by atoms with E-state index in [1.54, 1.807) is 27.7 Å². The van der Waals surface area contributed by atoms with Crippen LogP contribution in [0.15, 0.2) is 17.3 Å². The van der Waals surface area contributed by atoms with Gasteiger partial charge < -0.3 is 19.6 Å². The molecule has 1 aromatic heterocycles. The fourth-order valence-corrected chi connectivity index (χ4v) is 2.05. The van der Waals surface area contributed by atoms with Crippen LogP contribution in [0.5, 0.6) is 0 Å². The maximum atomic E-state index is 13.4. The van der Waals surface area contributed by atoms with Crippen LogP contribution in [0, 0.1) is 0 Å². The van der Waals surface area contributed by atoms with Crippen molar-refractivity contribution < 1.29 is 22.5 Å². The van der Waals surface area contributed by atoms with Crippen LogP contribution in [0.4, 0.5) is 19.0 Å². The van der Waals surface area contributed by atoms with E-state index in [-0.39, 0.29) is 11.3 Å². The van der Waals surface area contributed by atoms with E-state index in [1.807, 2.05) is 0 Å². The molecule has 0 bridgehead atoms. The molecule has 0 saturated carbocycles. The highest BCUT2D eigenvalue weighted by atomic mass is 19.4. The van der Waals surface area contributed by atoms with Gasteiger partial charge in [0.2, 0.25) is 0 Å². The molecule has 1 aromatic rings. The molecule has 5 nitrogen and oxygen atoms in total. The molecular formula is C14H18BF3N3O2-. The molecule has 9 heteroatoms. The number of aromatic nitrogens is 1. The highest BCUT2D eigenvalue weighted by Crippen LogP contribution is 2.38. The third kappa shape index (κ3) is 3.50. The highest BCUT2D eigenvalue weighted by molar-refractivity contribution is 6.62. The van der Waals surface area contributed by atoms with E-state index in [2.05, 4.69) is 15.3 Å². The molecule has 23 heavy (non-hydrogen) atoms. The average Bonchev–Trinajstić information content (AvgIpc) is 2.64. The zero-order valence-corrected chi connectivity index (χ0v) is 13.6. The van der Waals surface area contributed by atoms with Crippen LogP contribution < -0.4 is 5.46 Å². The van der Waals surface area contributed by atoms with E-state index >= 15 is 0 Å². The van der Waals surface area contributed by atoms with Crippen molar-refractivity contribution >= 4 is 24.7 Å². The minimum Gasteiger partial charge on any atom is -0.475 e. The van der Waals surface area contributed by atoms with Crippen LogP contribution in [0.3, 0.4) is 0 Å². The number of nitrogens with zero attached hydrogens (tertiary/aromatic N) is 3. The van der Waals surface area contributed by atoms with Gasteiger partial charge in [-0.15, -0.1) is 0 Å². The van der Waals surface area contributed by atoms with Crippen LogP contribution in [0.2, 0.25) is 0 Å². The summed E-state index contributed by atoms with van der Waals surface area (Å²) in [6.07, 6.45) is -2.35. The zero-order chi connectivity index (χ0) is 17.5. The van der Waals surface area contributed by atoms with Crippen LogP contribution in [-0.4, -0.2) is 36.7 Å². The van der Waals surface area contributed by atoms with Crippen molar-refractivity contribution in [2.45, 2.75) is 45.1 Å². The molecule has 1 fully saturated rings. The first-order valence-electron chi connectivity index (χ1n) is 7.02. The first kappa shape index (κ1) is 17.7. The van der Waals surface area contributed by atoms with Gasteiger partial charge in [-0.2, -0.15) is 13.2 Å². The van der Waals surface area contributed by atoms with E-state index in [0.29, 0.717) is 0 Å². The minimum atomic E-state index is -4.57. The van der Waals surface area contributed by atoms with E-state index < -0.39 is 30.1 Å². The Kier molecular flexibility index (Phi) is 4.47. The lowest BCUT2D eigenvalue weighted by Crippen LogP contribution is -2.41. The Morgan fingerprint density at radius 2 is 1.78 bits per heavy atom. The molecule has 1 aliphatic heterocycles. The third-order valence-electron chi connectivity index (χ3n) is 4.04. The summed E-state index contributed by atoms with van der Waals surface area (Å²) in [6.45, 7) is 7.09. The molecule has 0 amide bonds. The van der Waals surface area contributed by atoms with Gasteiger partial charge in [0.05, 0.1) is 22.6 Å². The van der Waals surface area contributed by atoms with E-state index in [4.69, 9.17) is 9.31 Å². The highest BCUT2D eigenvalue weighted by Gasteiger charge is 2.53. The van der Waals surface area contributed by atoms with Gasteiger partial charge in [-0.1, -0.05) is 13.4 Å². The first-order chi connectivity index (χ1) is 10.5. The van der Waals surface area contributed by atoms with Crippen molar-refractivity contribution in [2.75, 3.05) is 7.05 Å². The quantitative estimate of drug-likeness (QED) is 0.487. The number of pyridine rings is 1. The topological polar surface area (TPSA) is 57.8 Å². The number of alkyl halides is 3. The molecule has 2 heterocycles. The Balaban J connectivity index is 2.45. The van der Waals surface area contributed by atoms with E-state index in [1.165, 1.54) is 7.05 Å². The molecule has 0 atom stereocenters. The molecule has 2 rings (SSSR count). The van der Waals surface area contributed by atoms with Gasteiger partial charge >= 0.3 is 13.3 Å². The van der Waals surface area contributed by atoms with Crippen molar-refractivity contribution in [2.24, 2.45) is 4.99 Å². The largest absolute Gasteiger partial charge is 0.497 e. The molecule has 0 radical (unpaired) electrons. The van der Waals surface area contributed by atoms with Gasteiger partial charge in [0.1, 0.15) is 0 Å². The maximum absolute atomic E-state index is 13.4. The van der Waals surface area contributed by atoms with Crippen molar-refractivity contribution in [3.05, 3.63) is 23.1 Å². The Morgan fingerprint density at radius 1 is 1.22 bits per heavy atom. The Labute approximate surface area is 133 Å². The summed E-state index contributed by atoms with van der Waals surface area (Å²) < 4.78 is 51.5. The van der Waals surface area contributed by atoms with Gasteiger partial charge in [0, 0.05) is 11.7 Å². The number of hydrogen-bond acceptors (Lipinski definition) is 4. The fourth-order valence-electron chi connectivity index (χ4n) is 2.05. The molecule has 0 unspecified atom stereocenters. The molecule has 0 N–H and O–H groups in total. The number of halogens is 3. The second-order valence-corrected chi connectivity index (χ2v) is 6.22. The van der Waals surface area contributed by atoms with Crippen LogP contribution in [0.1, 0.15) is 33.3 Å². The SMILES string of the molecule is C[N-]C=Nc1cc(C(F)(F)F)c(B2OC(C)(C)C(C)(C)O2)cn1. The summed E-state index contributed by atoms with van der Waals surface area (Å²) in [5.41, 5.74) is -2.52. The monoisotopic (exact) mass is 328 g/mol. The lowest BCUT2D eigenvalue weighted by Gasteiger charge is -2.32. The lowest BCUT2D eigenvalue weighted by molar-refractivity contribution is -0.136.